The highest BCUT2D eigenvalue weighted by molar-refractivity contribution is 7.16. The Morgan fingerprint density at radius 1 is 1.33 bits per heavy atom. The molecule has 0 radical (unpaired) electrons. The monoisotopic (exact) mass is 343 g/mol. The van der Waals surface area contributed by atoms with E-state index in [0.29, 0.717) is 22.4 Å². The fraction of sp³-hybridized carbons (Fsp3) is 0.235. The van der Waals surface area contributed by atoms with Gasteiger partial charge in [0.1, 0.15) is 16.1 Å². The maximum atomic E-state index is 12.8. The van der Waals surface area contributed by atoms with Crippen LogP contribution in [0.3, 0.4) is 0 Å². The zero-order valence-electron chi connectivity index (χ0n) is 13.2. The molecule has 3 heterocycles. The molecule has 3 rings (SSSR count). The second-order valence-electron chi connectivity index (χ2n) is 5.36. The number of carbonyl (C=O) groups is 1. The van der Waals surface area contributed by atoms with Crippen molar-refractivity contribution in [3.63, 3.8) is 0 Å². The summed E-state index contributed by atoms with van der Waals surface area (Å²) in [7, 11) is 0. The zero-order valence-corrected chi connectivity index (χ0v) is 14.0. The predicted octanol–water partition coefficient (Wildman–Crippen LogP) is 3.22. The molecule has 0 aromatic carbocycles. The summed E-state index contributed by atoms with van der Waals surface area (Å²) in [5, 5.41) is 15.4. The Balaban J connectivity index is 2.09. The van der Waals surface area contributed by atoms with Crippen LogP contribution < -0.4 is 10.9 Å². The average Bonchev–Trinajstić information content (AvgIpc) is 3.05. The summed E-state index contributed by atoms with van der Waals surface area (Å²) in [5.74, 6) is -0.891. The molecule has 0 saturated heterocycles. The second kappa shape index (κ2) is 6.84. The van der Waals surface area contributed by atoms with Crippen molar-refractivity contribution >= 4 is 33.1 Å². The molecular formula is C17H17N3O3S. The van der Waals surface area contributed by atoms with Gasteiger partial charge >= 0.3 is 0 Å². The van der Waals surface area contributed by atoms with Gasteiger partial charge in [-0.3, -0.25) is 19.1 Å². The maximum Gasteiger partial charge on any atom is 0.268 e. The molecule has 0 aliphatic carbocycles. The van der Waals surface area contributed by atoms with E-state index >= 15 is 0 Å². The van der Waals surface area contributed by atoms with E-state index in [1.165, 1.54) is 23.7 Å². The number of hydrogen-bond acceptors (Lipinski definition) is 5. The number of aryl methyl sites for hydroxylation is 1. The van der Waals surface area contributed by atoms with E-state index in [0.717, 1.165) is 12.8 Å². The number of carbonyl (C=O) groups excluding carboxylic acids is 1. The van der Waals surface area contributed by atoms with Gasteiger partial charge in [0.25, 0.3) is 11.5 Å². The van der Waals surface area contributed by atoms with Crippen molar-refractivity contribution in [1.29, 1.82) is 0 Å². The largest absolute Gasteiger partial charge is 0.506 e. The van der Waals surface area contributed by atoms with Crippen molar-refractivity contribution in [1.82, 2.24) is 9.55 Å². The number of fused-ring (bicyclic) bond motifs is 1. The Labute approximate surface area is 142 Å². The van der Waals surface area contributed by atoms with Crippen molar-refractivity contribution < 1.29 is 9.90 Å². The Kier molecular flexibility index (Phi) is 4.61. The molecule has 0 saturated carbocycles. The minimum atomic E-state index is -0.623. The van der Waals surface area contributed by atoms with Crippen LogP contribution in [0.4, 0.5) is 5.69 Å². The molecule has 0 aliphatic heterocycles. The zero-order chi connectivity index (χ0) is 17.1. The van der Waals surface area contributed by atoms with Gasteiger partial charge in [-0.2, -0.15) is 0 Å². The van der Waals surface area contributed by atoms with Gasteiger partial charge in [-0.1, -0.05) is 13.3 Å². The second-order valence-corrected chi connectivity index (χ2v) is 6.26. The number of unbranched alkanes of at least 4 members (excludes halogenated alkanes) is 1. The summed E-state index contributed by atoms with van der Waals surface area (Å²) in [6.07, 6.45) is 4.83. The molecule has 124 valence electrons. The molecule has 1 amide bonds. The van der Waals surface area contributed by atoms with Gasteiger partial charge in [-0.25, -0.2) is 0 Å². The lowest BCUT2D eigenvalue weighted by atomic mass is 10.1. The van der Waals surface area contributed by atoms with Gasteiger partial charge in [-0.05, 0) is 30.0 Å². The van der Waals surface area contributed by atoms with Gasteiger partial charge in [0.05, 0.1) is 5.39 Å². The highest BCUT2D eigenvalue weighted by atomic mass is 32.1. The standard InChI is InChI=1S/C17H17N3O3S/c1-2-3-9-20-16(23)13(14(21)12-6-10-24-17(12)20)15(22)19-11-4-7-18-8-5-11/h4-8,10,21H,2-3,9H2,1H3,(H,18,19,22). The van der Waals surface area contributed by atoms with Crippen molar-refractivity contribution in [3.8, 4) is 5.75 Å². The van der Waals surface area contributed by atoms with E-state index in [2.05, 4.69) is 10.3 Å². The van der Waals surface area contributed by atoms with Crippen molar-refractivity contribution in [2.24, 2.45) is 0 Å². The SMILES string of the molecule is CCCCn1c(=O)c(C(=O)Nc2ccncc2)c(O)c2ccsc21. The van der Waals surface area contributed by atoms with Crippen LogP contribution >= 0.6 is 11.3 Å². The van der Waals surface area contributed by atoms with Crippen LogP contribution in [0, 0.1) is 0 Å². The van der Waals surface area contributed by atoms with Crippen LogP contribution in [0.15, 0.2) is 40.8 Å². The summed E-state index contributed by atoms with van der Waals surface area (Å²) in [6.45, 7) is 2.55. The Bertz CT molecular complexity index is 931. The number of aromatic nitrogens is 2. The summed E-state index contributed by atoms with van der Waals surface area (Å²) in [6, 6.07) is 4.96. The molecule has 6 nitrogen and oxygen atoms in total. The molecule has 3 aromatic heterocycles. The molecule has 2 N–H and O–H groups in total. The number of rotatable bonds is 5. The summed E-state index contributed by atoms with van der Waals surface area (Å²) in [5.41, 5.74) is -0.185. The normalized spacial score (nSPS) is 10.9. The molecule has 0 fully saturated rings. The number of anilines is 1. The molecule has 0 unspecified atom stereocenters. The van der Waals surface area contributed by atoms with Crippen molar-refractivity contribution in [2.45, 2.75) is 26.3 Å². The van der Waals surface area contributed by atoms with E-state index < -0.39 is 11.5 Å². The number of pyridine rings is 2. The van der Waals surface area contributed by atoms with E-state index in [4.69, 9.17) is 0 Å². The van der Waals surface area contributed by atoms with E-state index in [9.17, 15) is 14.7 Å². The molecule has 0 spiro atoms. The molecule has 24 heavy (non-hydrogen) atoms. The van der Waals surface area contributed by atoms with E-state index in [-0.39, 0.29) is 11.3 Å². The first-order valence-corrected chi connectivity index (χ1v) is 8.55. The van der Waals surface area contributed by atoms with E-state index in [1.54, 1.807) is 28.1 Å². The molecule has 7 heteroatoms. The van der Waals surface area contributed by atoms with Gasteiger partial charge in [0, 0.05) is 24.6 Å². The molecule has 0 atom stereocenters. The van der Waals surface area contributed by atoms with Crippen molar-refractivity contribution in [2.75, 3.05) is 5.32 Å². The highest BCUT2D eigenvalue weighted by Crippen LogP contribution is 2.30. The smallest absolute Gasteiger partial charge is 0.268 e. The summed E-state index contributed by atoms with van der Waals surface area (Å²) >= 11 is 1.38. The lowest BCUT2D eigenvalue weighted by Gasteiger charge is -2.12. The third kappa shape index (κ3) is 2.90. The fourth-order valence-corrected chi connectivity index (χ4v) is 3.43. The number of hydrogen-bond donors (Lipinski definition) is 2. The number of nitrogens with one attached hydrogen (secondary N) is 1. The van der Waals surface area contributed by atoms with Crippen LogP contribution in [0.25, 0.3) is 10.2 Å². The van der Waals surface area contributed by atoms with Gasteiger partial charge in [-0.15, -0.1) is 11.3 Å². The first-order chi connectivity index (χ1) is 11.6. The van der Waals surface area contributed by atoms with Crippen molar-refractivity contribution in [3.05, 3.63) is 51.9 Å². The van der Waals surface area contributed by atoms with Crippen LogP contribution in [-0.4, -0.2) is 20.6 Å². The van der Waals surface area contributed by atoms with Crippen LogP contribution in [0.5, 0.6) is 5.75 Å². The Hall–Kier alpha value is -2.67. The minimum absolute atomic E-state index is 0.228. The first kappa shape index (κ1) is 16.2. The third-order valence-electron chi connectivity index (χ3n) is 3.74. The van der Waals surface area contributed by atoms with Gasteiger partial charge in [0.15, 0.2) is 0 Å². The number of amides is 1. The summed E-state index contributed by atoms with van der Waals surface area (Å²) < 4.78 is 1.57. The number of nitrogens with zero attached hydrogens (tertiary/aromatic N) is 2. The number of aromatic hydroxyl groups is 1. The Morgan fingerprint density at radius 2 is 2.08 bits per heavy atom. The lowest BCUT2D eigenvalue weighted by Crippen LogP contribution is -2.29. The highest BCUT2D eigenvalue weighted by Gasteiger charge is 2.22. The van der Waals surface area contributed by atoms with Crippen LogP contribution in [-0.2, 0) is 6.54 Å². The van der Waals surface area contributed by atoms with Crippen LogP contribution in [0.1, 0.15) is 30.1 Å². The Morgan fingerprint density at radius 3 is 2.79 bits per heavy atom. The van der Waals surface area contributed by atoms with Gasteiger partial charge < -0.3 is 10.4 Å². The molecule has 0 aliphatic rings. The fourth-order valence-electron chi connectivity index (χ4n) is 2.51. The summed E-state index contributed by atoms with van der Waals surface area (Å²) in [4.78, 5) is 29.9. The van der Waals surface area contributed by atoms with Crippen LogP contribution in [0.2, 0.25) is 0 Å². The topological polar surface area (TPSA) is 84.2 Å². The molecule has 0 bridgehead atoms. The average molecular weight is 343 g/mol. The quantitative estimate of drug-likeness (QED) is 0.745. The van der Waals surface area contributed by atoms with Gasteiger partial charge in [0.2, 0.25) is 0 Å². The molecular weight excluding hydrogens is 326 g/mol. The third-order valence-corrected chi connectivity index (χ3v) is 4.68. The number of thiophene rings is 1. The minimum Gasteiger partial charge on any atom is -0.506 e. The first-order valence-electron chi connectivity index (χ1n) is 7.67. The lowest BCUT2D eigenvalue weighted by molar-refractivity contribution is 0.102. The van der Waals surface area contributed by atoms with E-state index in [1.807, 2.05) is 6.92 Å². The molecule has 3 aromatic rings. The predicted molar refractivity (Wildman–Crippen MR) is 94.8 cm³/mol. The maximum absolute atomic E-state index is 12.8.